The number of amides is 1. The molecule has 0 bridgehead atoms. The fourth-order valence-electron chi connectivity index (χ4n) is 3.86. The van der Waals surface area contributed by atoms with Gasteiger partial charge in [0.05, 0.1) is 7.11 Å². The number of methoxy groups -OCH3 is 1. The van der Waals surface area contributed by atoms with E-state index in [2.05, 4.69) is 22.4 Å². The molecule has 4 rings (SSSR count). The van der Waals surface area contributed by atoms with Crippen LogP contribution in [0.25, 0.3) is 11.1 Å². The summed E-state index contributed by atoms with van der Waals surface area (Å²) in [7, 11) is 1.49. The molecule has 3 aromatic rings. The first-order chi connectivity index (χ1) is 15.1. The van der Waals surface area contributed by atoms with Crippen molar-refractivity contribution in [2.75, 3.05) is 20.3 Å². The first-order valence-corrected chi connectivity index (χ1v) is 10.0. The van der Waals surface area contributed by atoms with Gasteiger partial charge in [0, 0.05) is 30.3 Å². The number of aliphatic hydroxyl groups is 2. The van der Waals surface area contributed by atoms with Gasteiger partial charge in [0.15, 0.2) is 0 Å². The van der Waals surface area contributed by atoms with Crippen molar-refractivity contribution in [3.8, 4) is 17.0 Å². The molecule has 2 atom stereocenters. The SMILES string of the molecule is COc1ccc(C(O)C(O)CNC(=O)OCC2c3ccccc3-c3ccccc32)cn1. The lowest BCUT2D eigenvalue weighted by Gasteiger charge is -2.19. The van der Waals surface area contributed by atoms with E-state index in [9.17, 15) is 15.0 Å². The number of carbonyl (C=O) groups excluding carboxylic acids is 1. The van der Waals surface area contributed by atoms with Gasteiger partial charge in [0.2, 0.25) is 5.88 Å². The molecule has 0 spiro atoms. The summed E-state index contributed by atoms with van der Waals surface area (Å²) >= 11 is 0. The minimum Gasteiger partial charge on any atom is -0.481 e. The topological polar surface area (TPSA) is 101 Å². The monoisotopic (exact) mass is 420 g/mol. The molecule has 1 aliphatic carbocycles. The van der Waals surface area contributed by atoms with Crippen LogP contribution in [0.3, 0.4) is 0 Å². The van der Waals surface area contributed by atoms with E-state index in [1.807, 2.05) is 36.4 Å². The molecule has 31 heavy (non-hydrogen) atoms. The summed E-state index contributed by atoms with van der Waals surface area (Å²) in [6.45, 7) is 0.0186. The molecule has 7 heteroatoms. The van der Waals surface area contributed by atoms with Gasteiger partial charge in [0.25, 0.3) is 0 Å². The number of ether oxygens (including phenoxy) is 2. The molecule has 1 aliphatic rings. The number of rotatable bonds is 7. The number of hydrogen-bond donors (Lipinski definition) is 3. The Hall–Kier alpha value is -3.42. The number of fused-ring (bicyclic) bond motifs is 3. The highest BCUT2D eigenvalue weighted by molar-refractivity contribution is 5.79. The molecule has 1 aromatic heterocycles. The van der Waals surface area contributed by atoms with Gasteiger partial charge in [-0.05, 0) is 28.3 Å². The molecule has 0 radical (unpaired) electrons. The maximum absolute atomic E-state index is 12.2. The first kappa shape index (κ1) is 20.8. The highest BCUT2D eigenvalue weighted by Gasteiger charge is 2.29. The predicted molar refractivity (Wildman–Crippen MR) is 115 cm³/mol. The van der Waals surface area contributed by atoms with Gasteiger partial charge in [0.1, 0.15) is 18.8 Å². The molecule has 0 saturated carbocycles. The van der Waals surface area contributed by atoms with Crippen LogP contribution in [0.2, 0.25) is 0 Å². The number of carbonyl (C=O) groups is 1. The Labute approximate surface area is 180 Å². The minimum absolute atomic E-state index is 0.0426. The molecule has 3 N–H and O–H groups in total. The Morgan fingerprint density at radius 2 is 1.68 bits per heavy atom. The summed E-state index contributed by atoms with van der Waals surface area (Å²) in [5, 5.41) is 23.0. The van der Waals surface area contributed by atoms with E-state index in [1.54, 1.807) is 12.1 Å². The van der Waals surface area contributed by atoms with Crippen molar-refractivity contribution in [1.29, 1.82) is 0 Å². The molecule has 7 nitrogen and oxygen atoms in total. The Bertz CT molecular complexity index is 1010. The maximum atomic E-state index is 12.2. The number of alkyl carbamates (subject to hydrolysis) is 1. The second-order valence-corrected chi connectivity index (χ2v) is 7.35. The van der Waals surface area contributed by atoms with Crippen LogP contribution in [0.15, 0.2) is 66.9 Å². The van der Waals surface area contributed by atoms with Gasteiger partial charge in [-0.1, -0.05) is 48.5 Å². The molecule has 0 aliphatic heterocycles. The lowest BCUT2D eigenvalue weighted by atomic mass is 9.98. The van der Waals surface area contributed by atoms with E-state index in [1.165, 1.54) is 13.3 Å². The van der Waals surface area contributed by atoms with Crippen molar-refractivity contribution in [2.24, 2.45) is 0 Å². The fourth-order valence-corrected chi connectivity index (χ4v) is 3.86. The average molecular weight is 420 g/mol. The normalized spacial score (nSPS) is 14.3. The molecule has 0 saturated heterocycles. The predicted octanol–water partition coefficient (Wildman–Crippen LogP) is 3.02. The van der Waals surface area contributed by atoms with Crippen LogP contribution in [0.4, 0.5) is 4.79 Å². The van der Waals surface area contributed by atoms with Crippen LogP contribution in [-0.4, -0.2) is 47.7 Å². The zero-order valence-electron chi connectivity index (χ0n) is 17.1. The number of pyridine rings is 1. The van der Waals surface area contributed by atoms with Crippen molar-refractivity contribution in [1.82, 2.24) is 10.3 Å². The minimum atomic E-state index is -1.21. The van der Waals surface area contributed by atoms with Gasteiger partial charge in [-0.15, -0.1) is 0 Å². The zero-order chi connectivity index (χ0) is 21.8. The third-order valence-electron chi connectivity index (χ3n) is 5.47. The molecular weight excluding hydrogens is 396 g/mol. The van der Waals surface area contributed by atoms with E-state index < -0.39 is 18.3 Å². The molecule has 1 heterocycles. The van der Waals surface area contributed by atoms with Crippen molar-refractivity contribution >= 4 is 6.09 Å². The average Bonchev–Trinajstić information content (AvgIpc) is 3.14. The van der Waals surface area contributed by atoms with E-state index in [0.717, 1.165) is 22.3 Å². The van der Waals surface area contributed by atoms with E-state index >= 15 is 0 Å². The van der Waals surface area contributed by atoms with Crippen molar-refractivity contribution in [2.45, 2.75) is 18.1 Å². The number of hydrogen-bond acceptors (Lipinski definition) is 6. The summed E-state index contributed by atoms with van der Waals surface area (Å²) in [5.41, 5.74) is 4.97. The number of nitrogens with one attached hydrogen (secondary N) is 1. The number of aliphatic hydroxyl groups excluding tert-OH is 2. The first-order valence-electron chi connectivity index (χ1n) is 10.0. The van der Waals surface area contributed by atoms with Gasteiger partial charge in [-0.3, -0.25) is 0 Å². The summed E-state index contributed by atoms with van der Waals surface area (Å²) in [4.78, 5) is 16.2. The van der Waals surface area contributed by atoms with Crippen molar-refractivity contribution in [3.63, 3.8) is 0 Å². The Morgan fingerprint density at radius 1 is 1.03 bits per heavy atom. The molecule has 160 valence electrons. The van der Waals surface area contributed by atoms with Crippen LogP contribution in [0.1, 0.15) is 28.7 Å². The fraction of sp³-hybridized carbons (Fsp3) is 0.250. The second-order valence-electron chi connectivity index (χ2n) is 7.35. The Morgan fingerprint density at radius 3 is 2.26 bits per heavy atom. The van der Waals surface area contributed by atoms with Crippen LogP contribution in [0, 0.1) is 0 Å². The second kappa shape index (κ2) is 9.16. The van der Waals surface area contributed by atoms with E-state index in [0.29, 0.717) is 11.4 Å². The summed E-state index contributed by atoms with van der Waals surface area (Å²) < 4.78 is 10.4. The number of aromatic nitrogens is 1. The largest absolute Gasteiger partial charge is 0.481 e. The highest BCUT2D eigenvalue weighted by atomic mass is 16.5. The van der Waals surface area contributed by atoms with Crippen molar-refractivity contribution < 1.29 is 24.5 Å². The van der Waals surface area contributed by atoms with Gasteiger partial charge >= 0.3 is 6.09 Å². The standard InChI is InChI=1S/C24H24N2O5/c1-30-22-11-10-15(12-25-22)23(28)21(27)13-26-24(29)31-14-20-18-8-4-2-6-16(18)17-7-3-5-9-19(17)20/h2-12,20-21,23,27-28H,13-14H2,1H3,(H,26,29). The maximum Gasteiger partial charge on any atom is 0.407 e. The van der Waals surface area contributed by atoms with Gasteiger partial charge < -0.3 is 25.0 Å². The quantitative estimate of drug-likeness (QED) is 0.543. The number of benzene rings is 2. The summed E-state index contributed by atoms with van der Waals surface area (Å²) in [6.07, 6.45) is -1.65. The van der Waals surface area contributed by atoms with Crippen LogP contribution in [-0.2, 0) is 4.74 Å². The molecule has 2 unspecified atom stereocenters. The third-order valence-corrected chi connectivity index (χ3v) is 5.47. The smallest absolute Gasteiger partial charge is 0.407 e. The van der Waals surface area contributed by atoms with E-state index in [-0.39, 0.29) is 19.1 Å². The Balaban J connectivity index is 1.32. The lowest BCUT2D eigenvalue weighted by Crippen LogP contribution is -2.36. The number of nitrogens with zero attached hydrogens (tertiary/aromatic N) is 1. The highest BCUT2D eigenvalue weighted by Crippen LogP contribution is 2.44. The van der Waals surface area contributed by atoms with Crippen LogP contribution >= 0.6 is 0 Å². The third kappa shape index (κ3) is 4.38. The Kier molecular flexibility index (Phi) is 6.16. The lowest BCUT2D eigenvalue weighted by molar-refractivity contribution is 0.0183. The molecular formula is C24H24N2O5. The summed E-state index contributed by atoms with van der Waals surface area (Å²) in [5.74, 6) is 0.362. The van der Waals surface area contributed by atoms with E-state index in [4.69, 9.17) is 9.47 Å². The van der Waals surface area contributed by atoms with Gasteiger partial charge in [-0.25, -0.2) is 9.78 Å². The zero-order valence-corrected chi connectivity index (χ0v) is 17.1. The van der Waals surface area contributed by atoms with Crippen LogP contribution < -0.4 is 10.1 Å². The molecule has 0 fully saturated rings. The van der Waals surface area contributed by atoms with Crippen LogP contribution in [0.5, 0.6) is 5.88 Å². The van der Waals surface area contributed by atoms with Crippen molar-refractivity contribution in [3.05, 3.63) is 83.6 Å². The molecule has 1 amide bonds. The van der Waals surface area contributed by atoms with Gasteiger partial charge in [-0.2, -0.15) is 0 Å². The summed E-state index contributed by atoms with van der Waals surface area (Å²) in [6, 6.07) is 19.4. The molecule has 2 aromatic carbocycles.